The van der Waals surface area contributed by atoms with Crippen LogP contribution in [0.1, 0.15) is 26.2 Å². The van der Waals surface area contributed by atoms with Gasteiger partial charge in [-0.2, -0.15) is 11.8 Å². The summed E-state index contributed by atoms with van der Waals surface area (Å²) in [6.45, 7) is 2.63. The molecule has 0 aromatic rings. The predicted molar refractivity (Wildman–Crippen MR) is 58.9 cm³/mol. The molecule has 0 aliphatic carbocycles. The van der Waals surface area contributed by atoms with Gasteiger partial charge in [0.2, 0.25) is 5.91 Å². The Morgan fingerprint density at radius 1 is 1.62 bits per heavy atom. The van der Waals surface area contributed by atoms with Crippen LogP contribution in [-0.2, 0) is 4.79 Å². The molecule has 3 nitrogen and oxygen atoms in total. The third kappa shape index (κ3) is 6.90. The van der Waals surface area contributed by atoms with Crippen LogP contribution in [0.4, 0.5) is 0 Å². The minimum atomic E-state index is 0.123. The minimum absolute atomic E-state index is 0.123. The van der Waals surface area contributed by atoms with Gasteiger partial charge in [-0.15, -0.1) is 0 Å². The molecule has 0 spiro atoms. The number of nitrogens with one attached hydrogen (secondary N) is 1. The van der Waals surface area contributed by atoms with Crippen molar-refractivity contribution in [3.05, 3.63) is 0 Å². The molecule has 4 heteroatoms. The zero-order chi connectivity index (χ0) is 10.1. The zero-order valence-electron chi connectivity index (χ0n) is 8.51. The maximum atomic E-state index is 11.3. The van der Waals surface area contributed by atoms with Crippen LogP contribution in [-0.4, -0.2) is 30.5 Å². The largest absolute Gasteiger partial charge is 0.352 e. The van der Waals surface area contributed by atoms with Crippen molar-refractivity contribution < 1.29 is 4.79 Å². The molecular weight excluding hydrogens is 184 g/mol. The molecule has 0 radical (unpaired) electrons. The van der Waals surface area contributed by atoms with Crippen molar-refractivity contribution in [2.45, 2.75) is 32.2 Å². The molecule has 3 N–H and O–H groups in total. The molecule has 0 aliphatic heterocycles. The van der Waals surface area contributed by atoms with E-state index in [0.717, 1.165) is 18.6 Å². The van der Waals surface area contributed by atoms with E-state index in [1.807, 2.05) is 6.26 Å². The first-order valence-electron chi connectivity index (χ1n) is 4.73. The summed E-state index contributed by atoms with van der Waals surface area (Å²) in [5, 5.41) is 2.93. The van der Waals surface area contributed by atoms with Gasteiger partial charge in [-0.25, -0.2) is 0 Å². The predicted octanol–water partition coefficient (Wildman–Crippen LogP) is 0.983. The van der Waals surface area contributed by atoms with Crippen LogP contribution in [0.3, 0.4) is 0 Å². The van der Waals surface area contributed by atoms with Gasteiger partial charge in [-0.05, 0) is 12.7 Å². The van der Waals surface area contributed by atoms with Crippen molar-refractivity contribution in [2.24, 2.45) is 5.73 Å². The van der Waals surface area contributed by atoms with Gasteiger partial charge >= 0.3 is 0 Å². The van der Waals surface area contributed by atoms with Gasteiger partial charge < -0.3 is 11.1 Å². The Kier molecular flexibility index (Phi) is 8.24. The van der Waals surface area contributed by atoms with Gasteiger partial charge in [0.25, 0.3) is 0 Å². The summed E-state index contributed by atoms with van der Waals surface area (Å²) in [7, 11) is 0. The molecule has 0 aromatic carbocycles. The number of amides is 1. The summed E-state index contributed by atoms with van der Waals surface area (Å²) in [5.74, 6) is 1.01. The zero-order valence-corrected chi connectivity index (χ0v) is 9.32. The molecule has 0 aliphatic rings. The summed E-state index contributed by atoms with van der Waals surface area (Å²) in [6.07, 6.45) is 4.63. The molecule has 1 unspecified atom stereocenters. The second-order valence-corrected chi connectivity index (χ2v) is 4.02. The minimum Gasteiger partial charge on any atom is -0.352 e. The first kappa shape index (κ1) is 12.8. The van der Waals surface area contributed by atoms with Crippen LogP contribution in [0.25, 0.3) is 0 Å². The maximum Gasteiger partial charge on any atom is 0.221 e. The van der Waals surface area contributed by atoms with Crippen LogP contribution in [0.15, 0.2) is 0 Å². The molecule has 78 valence electrons. The number of thioether (sulfide) groups is 1. The van der Waals surface area contributed by atoms with Crippen molar-refractivity contribution in [3.8, 4) is 0 Å². The fourth-order valence-electron chi connectivity index (χ4n) is 1.09. The van der Waals surface area contributed by atoms with Crippen LogP contribution < -0.4 is 11.1 Å². The highest BCUT2D eigenvalue weighted by Crippen LogP contribution is 1.98. The average Bonchev–Trinajstić information content (AvgIpc) is 2.14. The number of carbonyl (C=O) groups excluding carboxylic acids is 1. The number of hydrogen-bond acceptors (Lipinski definition) is 3. The van der Waals surface area contributed by atoms with E-state index in [2.05, 4.69) is 12.2 Å². The second-order valence-electron chi connectivity index (χ2n) is 3.03. The molecule has 0 bridgehead atoms. The van der Waals surface area contributed by atoms with Crippen LogP contribution in [0.2, 0.25) is 0 Å². The molecule has 0 aromatic heterocycles. The molecule has 0 fully saturated rings. The molecule has 0 saturated carbocycles. The quantitative estimate of drug-likeness (QED) is 0.650. The third-order valence-corrected chi connectivity index (χ3v) is 2.43. The average molecular weight is 204 g/mol. The Bertz CT molecular complexity index is 142. The highest BCUT2D eigenvalue weighted by molar-refractivity contribution is 7.98. The van der Waals surface area contributed by atoms with Gasteiger partial charge in [-0.3, -0.25) is 4.79 Å². The van der Waals surface area contributed by atoms with Gasteiger partial charge in [-0.1, -0.05) is 13.3 Å². The lowest BCUT2D eigenvalue weighted by atomic mass is 10.1. The number of carbonyl (C=O) groups is 1. The number of hydrogen-bond donors (Lipinski definition) is 2. The SMILES string of the molecule is CCCC(CN)NC(=O)CCSC. The fourth-order valence-corrected chi connectivity index (χ4v) is 1.48. The molecule has 13 heavy (non-hydrogen) atoms. The van der Waals surface area contributed by atoms with E-state index < -0.39 is 0 Å². The smallest absolute Gasteiger partial charge is 0.221 e. The molecule has 0 rings (SSSR count). The molecule has 0 heterocycles. The Morgan fingerprint density at radius 3 is 2.77 bits per heavy atom. The lowest BCUT2D eigenvalue weighted by molar-refractivity contribution is -0.121. The Labute approximate surface area is 84.8 Å². The van der Waals surface area contributed by atoms with E-state index in [-0.39, 0.29) is 11.9 Å². The second kappa shape index (κ2) is 8.38. The lowest BCUT2D eigenvalue weighted by Crippen LogP contribution is -2.40. The Hall–Kier alpha value is -0.220. The Morgan fingerprint density at radius 2 is 2.31 bits per heavy atom. The first-order chi connectivity index (χ1) is 6.24. The van der Waals surface area contributed by atoms with Gasteiger partial charge in [0.05, 0.1) is 0 Å². The normalized spacial score (nSPS) is 12.5. The molecule has 1 atom stereocenters. The summed E-state index contributed by atoms with van der Waals surface area (Å²) < 4.78 is 0. The van der Waals surface area contributed by atoms with E-state index in [0.29, 0.717) is 13.0 Å². The van der Waals surface area contributed by atoms with E-state index in [9.17, 15) is 4.79 Å². The van der Waals surface area contributed by atoms with Gasteiger partial charge in [0, 0.05) is 24.8 Å². The monoisotopic (exact) mass is 204 g/mol. The van der Waals surface area contributed by atoms with E-state index in [1.165, 1.54) is 0 Å². The summed E-state index contributed by atoms with van der Waals surface area (Å²) in [5.41, 5.74) is 5.52. The lowest BCUT2D eigenvalue weighted by Gasteiger charge is -2.15. The fraction of sp³-hybridized carbons (Fsp3) is 0.889. The van der Waals surface area contributed by atoms with Crippen molar-refractivity contribution >= 4 is 17.7 Å². The summed E-state index contributed by atoms with van der Waals surface area (Å²) in [6, 6.07) is 0.166. The summed E-state index contributed by atoms with van der Waals surface area (Å²) >= 11 is 1.69. The van der Waals surface area contributed by atoms with Crippen LogP contribution in [0, 0.1) is 0 Å². The molecule has 1 amide bonds. The molecular formula is C9H20N2OS. The topological polar surface area (TPSA) is 55.1 Å². The third-order valence-electron chi connectivity index (χ3n) is 1.82. The first-order valence-corrected chi connectivity index (χ1v) is 6.12. The van der Waals surface area contributed by atoms with Crippen molar-refractivity contribution in [1.29, 1.82) is 0 Å². The van der Waals surface area contributed by atoms with Gasteiger partial charge in [0.15, 0.2) is 0 Å². The van der Waals surface area contributed by atoms with Crippen molar-refractivity contribution in [2.75, 3.05) is 18.6 Å². The van der Waals surface area contributed by atoms with Crippen LogP contribution in [0.5, 0.6) is 0 Å². The van der Waals surface area contributed by atoms with E-state index in [4.69, 9.17) is 5.73 Å². The van der Waals surface area contributed by atoms with Crippen LogP contribution >= 0.6 is 11.8 Å². The number of rotatable bonds is 7. The van der Waals surface area contributed by atoms with E-state index >= 15 is 0 Å². The van der Waals surface area contributed by atoms with Gasteiger partial charge in [0.1, 0.15) is 0 Å². The summed E-state index contributed by atoms with van der Waals surface area (Å²) in [4.78, 5) is 11.3. The Balaban J connectivity index is 3.60. The maximum absolute atomic E-state index is 11.3. The standard InChI is InChI=1S/C9H20N2OS/c1-3-4-8(7-10)11-9(12)5-6-13-2/h8H,3-7,10H2,1-2H3,(H,11,12). The number of nitrogens with two attached hydrogens (primary N) is 1. The highest BCUT2D eigenvalue weighted by Gasteiger charge is 2.08. The molecule has 0 saturated heterocycles. The van der Waals surface area contributed by atoms with Crippen molar-refractivity contribution in [1.82, 2.24) is 5.32 Å². The van der Waals surface area contributed by atoms with Crippen molar-refractivity contribution in [3.63, 3.8) is 0 Å². The van der Waals surface area contributed by atoms with E-state index in [1.54, 1.807) is 11.8 Å². The highest BCUT2D eigenvalue weighted by atomic mass is 32.2.